The highest BCUT2D eigenvalue weighted by atomic mass is 16.7. The van der Waals surface area contributed by atoms with Gasteiger partial charge in [0.05, 0.1) is 7.11 Å². The number of ether oxygens (including phenoxy) is 3. The topological polar surface area (TPSA) is 95.7 Å². The van der Waals surface area contributed by atoms with Crippen molar-refractivity contribution >= 4 is 5.91 Å². The minimum absolute atomic E-state index is 0.0947. The summed E-state index contributed by atoms with van der Waals surface area (Å²) in [5.41, 5.74) is 1.28. The van der Waals surface area contributed by atoms with Crippen LogP contribution in [-0.4, -0.2) is 30.0 Å². The summed E-state index contributed by atoms with van der Waals surface area (Å²) in [6.45, 7) is 4.28. The Morgan fingerprint density at radius 3 is 2.67 bits per heavy atom. The van der Waals surface area contributed by atoms with E-state index in [-0.39, 0.29) is 18.6 Å². The fraction of sp³-hybridized carbons (Fsp3) is 0.318. The Bertz CT molecular complexity index is 1030. The average Bonchev–Trinajstić information content (AvgIpc) is 3.46. The van der Waals surface area contributed by atoms with Gasteiger partial charge in [0, 0.05) is 11.1 Å². The van der Waals surface area contributed by atoms with Crippen LogP contribution in [0.15, 0.2) is 47.0 Å². The molecule has 2 heterocycles. The van der Waals surface area contributed by atoms with Crippen LogP contribution in [0.2, 0.25) is 0 Å². The molecular formula is C22H23N3O5. The molecular weight excluding hydrogens is 386 g/mol. The molecule has 1 amide bonds. The molecule has 0 spiro atoms. The molecule has 4 rings (SSSR count). The number of rotatable bonds is 7. The van der Waals surface area contributed by atoms with Gasteiger partial charge in [-0.25, -0.2) is 0 Å². The van der Waals surface area contributed by atoms with Crippen molar-refractivity contribution in [1.29, 1.82) is 0 Å². The maximum Gasteiger partial charge on any atom is 0.251 e. The monoisotopic (exact) mass is 409 g/mol. The van der Waals surface area contributed by atoms with Crippen LogP contribution in [0.1, 0.15) is 42.6 Å². The third kappa shape index (κ3) is 3.94. The van der Waals surface area contributed by atoms with Crippen molar-refractivity contribution in [2.75, 3.05) is 13.9 Å². The van der Waals surface area contributed by atoms with E-state index in [1.807, 2.05) is 32.0 Å². The number of nitrogens with zero attached hydrogens (tertiary/aromatic N) is 2. The zero-order valence-corrected chi connectivity index (χ0v) is 17.0. The van der Waals surface area contributed by atoms with E-state index in [0.717, 1.165) is 12.0 Å². The molecule has 8 heteroatoms. The van der Waals surface area contributed by atoms with E-state index in [2.05, 4.69) is 15.5 Å². The average molecular weight is 409 g/mol. The molecule has 0 fully saturated rings. The quantitative estimate of drug-likeness (QED) is 0.630. The molecule has 3 aromatic rings. The first kappa shape index (κ1) is 19.8. The van der Waals surface area contributed by atoms with Gasteiger partial charge in [-0.2, -0.15) is 4.98 Å². The summed E-state index contributed by atoms with van der Waals surface area (Å²) < 4.78 is 21.4. The van der Waals surface area contributed by atoms with Crippen LogP contribution in [0.25, 0.3) is 11.4 Å². The van der Waals surface area contributed by atoms with Gasteiger partial charge in [-0.1, -0.05) is 25.4 Å². The van der Waals surface area contributed by atoms with Gasteiger partial charge in [-0.05, 0) is 48.4 Å². The van der Waals surface area contributed by atoms with Crippen LogP contribution in [0.5, 0.6) is 17.2 Å². The number of aromatic nitrogens is 2. The molecule has 0 bridgehead atoms. The van der Waals surface area contributed by atoms with Crippen LogP contribution >= 0.6 is 0 Å². The number of hydrogen-bond donors (Lipinski definition) is 1. The highest BCUT2D eigenvalue weighted by Gasteiger charge is 2.27. The second kappa shape index (κ2) is 8.44. The van der Waals surface area contributed by atoms with Gasteiger partial charge < -0.3 is 24.1 Å². The predicted octanol–water partition coefficient (Wildman–Crippen LogP) is 3.99. The summed E-state index contributed by atoms with van der Waals surface area (Å²) in [6.07, 6.45) is 0.829. The zero-order valence-electron chi connectivity index (χ0n) is 17.0. The summed E-state index contributed by atoms with van der Waals surface area (Å²) in [4.78, 5) is 17.3. The van der Waals surface area contributed by atoms with Crippen molar-refractivity contribution < 1.29 is 23.5 Å². The van der Waals surface area contributed by atoms with Crippen molar-refractivity contribution in [2.45, 2.75) is 26.3 Å². The molecule has 8 nitrogen and oxygen atoms in total. The number of amides is 1. The molecule has 0 aliphatic carbocycles. The van der Waals surface area contributed by atoms with E-state index in [1.165, 1.54) is 0 Å². The first-order valence-corrected chi connectivity index (χ1v) is 9.77. The third-order valence-corrected chi connectivity index (χ3v) is 5.19. The minimum atomic E-state index is -0.417. The summed E-state index contributed by atoms with van der Waals surface area (Å²) in [6, 6.07) is 12.0. The highest BCUT2D eigenvalue weighted by molar-refractivity contribution is 5.94. The molecule has 1 N–H and O–H groups in total. The molecule has 0 saturated carbocycles. The third-order valence-electron chi connectivity index (χ3n) is 5.19. The number of methoxy groups -OCH3 is 1. The van der Waals surface area contributed by atoms with Crippen molar-refractivity contribution in [3.8, 4) is 28.6 Å². The SMILES string of the molecule is CC[C@@H](C)[C@H](NC(=O)c1ccc(OC)cc1)c1nc(-c2ccc3c(c2)OCO3)no1. The molecule has 2 atom stereocenters. The van der Waals surface area contributed by atoms with E-state index in [9.17, 15) is 4.79 Å². The summed E-state index contributed by atoms with van der Waals surface area (Å²) in [7, 11) is 1.58. The molecule has 1 aromatic heterocycles. The van der Waals surface area contributed by atoms with E-state index >= 15 is 0 Å². The molecule has 1 aliphatic rings. The van der Waals surface area contributed by atoms with Gasteiger partial charge in [0.25, 0.3) is 5.91 Å². The fourth-order valence-corrected chi connectivity index (χ4v) is 3.16. The van der Waals surface area contributed by atoms with Crippen LogP contribution in [0, 0.1) is 5.92 Å². The van der Waals surface area contributed by atoms with Gasteiger partial charge >= 0.3 is 0 Å². The fourth-order valence-electron chi connectivity index (χ4n) is 3.16. The van der Waals surface area contributed by atoms with Crippen molar-refractivity contribution in [2.24, 2.45) is 5.92 Å². The Balaban J connectivity index is 1.56. The second-order valence-corrected chi connectivity index (χ2v) is 7.09. The summed E-state index contributed by atoms with van der Waals surface area (Å²) in [5.74, 6) is 2.68. The smallest absolute Gasteiger partial charge is 0.251 e. The van der Waals surface area contributed by atoms with E-state index in [1.54, 1.807) is 31.4 Å². The number of carbonyl (C=O) groups excluding carboxylic acids is 1. The molecule has 0 saturated heterocycles. The molecule has 30 heavy (non-hydrogen) atoms. The van der Waals surface area contributed by atoms with Gasteiger partial charge in [-0.15, -0.1) is 0 Å². The number of carbonyl (C=O) groups is 1. The molecule has 0 radical (unpaired) electrons. The first-order chi connectivity index (χ1) is 14.6. The van der Waals surface area contributed by atoms with Crippen LogP contribution in [0.4, 0.5) is 0 Å². The predicted molar refractivity (Wildman–Crippen MR) is 109 cm³/mol. The Hall–Kier alpha value is -3.55. The van der Waals surface area contributed by atoms with Gasteiger partial charge in [0.2, 0.25) is 18.5 Å². The van der Waals surface area contributed by atoms with Gasteiger partial charge in [-0.3, -0.25) is 4.79 Å². The Morgan fingerprint density at radius 1 is 1.17 bits per heavy atom. The molecule has 0 unspecified atom stereocenters. The van der Waals surface area contributed by atoms with Gasteiger partial charge in [0.15, 0.2) is 11.5 Å². The van der Waals surface area contributed by atoms with Crippen LogP contribution in [0.3, 0.4) is 0 Å². The van der Waals surface area contributed by atoms with E-state index in [0.29, 0.717) is 34.5 Å². The molecule has 156 valence electrons. The van der Waals surface area contributed by atoms with E-state index < -0.39 is 6.04 Å². The lowest BCUT2D eigenvalue weighted by atomic mass is 9.98. The van der Waals surface area contributed by atoms with E-state index in [4.69, 9.17) is 18.7 Å². The second-order valence-electron chi connectivity index (χ2n) is 7.09. The number of nitrogens with one attached hydrogen (secondary N) is 1. The van der Waals surface area contributed by atoms with Crippen LogP contribution < -0.4 is 19.5 Å². The highest BCUT2D eigenvalue weighted by Crippen LogP contribution is 2.35. The Labute approximate surface area is 174 Å². The lowest BCUT2D eigenvalue weighted by Crippen LogP contribution is -2.32. The lowest BCUT2D eigenvalue weighted by Gasteiger charge is -2.20. The van der Waals surface area contributed by atoms with Gasteiger partial charge in [0.1, 0.15) is 11.8 Å². The lowest BCUT2D eigenvalue weighted by molar-refractivity contribution is 0.0910. The number of benzene rings is 2. The minimum Gasteiger partial charge on any atom is -0.497 e. The first-order valence-electron chi connectivity index (χ1n) is 9.77. The maximum atomic E-state index is 12.8. The number of hydrogen-bond acceptors (Lipinski definition) is 7. The molecule has 1 aliphatic heterocycles. The van der Waals surface area contributed by atoms with Crippen molar-refractivity contribution in [3.63, 3.8) is 0 Å². The molecule has 2 aromatic carbocycles. The maximum absolute atomic E-state index is 12.8. The largest absolute Gasteiger partial charge is 0.497 e. The van der Waals surface area contributed by atoms with Crippen molar-refractivity contribution in [1.82, 2.24) is 15.5 Å². The normalized spacial score (nSPS) is 14.2. The Kier molecular flexibility index (Phi) is 5.56. The summed E-state index contributed by atoms with van der Waals surface area (Å²) in [5, 5.41) is 7.13. The number of fused-ring (bicyclic) bond motifs is 1. The zero-order chi connectivity index (χ0) is 21.1. The Morgan fingerprint density at radius 2 is 1.93 bits per heavy atom. The van der Waals surface area contributed by atoms with Crippen LogP contribution in [-0.2, 0) is 0 Å². The summed E-state index contributed by atoms with van der Waals surface area (Å²) >= 11 is 0. The standard InChI is InChI=1S/C22H23N3O5/c1-4-13(2)19(23-21(26)14-5-8-16(27-3)9-6-14)22-24-20(25-30-22)15-7-10-17-18(11-15)29-12-28-17/h5-11,13,19H,4,12H2,1-3H3,(H,23,26)/t13-,19+/m1/s1. The van der Waals surface area contributed by atoms with Crippen molar-refractivity contribution in [3.05, 3.63) is 53.9 Å².